The Balaban J connectivity index is 1.92. The van der Waals surface area contributed by atoms with Crippen molar-refractivity contribution in [2.45, 2.75) is 39.3 Å². The van der Waals surface area contributed by atoms with Crippen LogP contribution in [-0.4, -0.2) is 34.6 Å². The van der Waals surface area contributed by atoms with E-state index < -0.39 is 0 Å². The first-order valence-corrected chi connectivity index (χ1v) is 6.14. The number of hydrogen-bond donors (Lipinski definition) is 2. The van der Waals surface area contributed by atoms with Crippen molar-refractivity contribution in [1.29, 1.82) is 0 Å². The Kier molecular flexibility index (Phi) is 6.32. The van der Waals surface area contributed by atoms with Crippen molar-refractivity contribution in [2.75, 3.05) is 13.1 Å². The number of nitrogens with zero attached hydrogens (tertiary/aromatic N) is 2. The Labute approximate surface area is 103 Å². The molecule has 17 heavy (non-hydrogen) atoms. The Morgan fingerprint density at radius 1 is 1.41 bits per heavy atom. The van der Waals surface area contributed by atoms with Gasteiger partial charge in [0.15, 0.2) is 0 Å². The topological polar surface area (TPSA) is 59.0 Å². The van der Waals surface area contributed by atoms with E-state index in [-0.39, 0.29) is 11.9 Å². The summed E-state index contributed by atoms with van der Waals surface area (Å²) in [4.78, 5) is 15.3. The maximum atomic E-state index is 11.3. The first kappa shape index (κ1) is 13.7. The van der Waals surface area contributed by atoms with Crippen molar-refractivity contribution in [1.82, 2.24) is 20.2 Å². The molecule has 0 aromatic carbocycles. The highest BCUT2D eigenvalue weighted by atomic mass is 16.1. The standard InChI is InChI=1S/C12H22N4O/c1-11(2)15-12(17)4-6-13-5-3-8-16-9-7-14-10-16/h7,9-11,13H,3-6,8H2,1-2H3,(H,15,17). The quantitative estimate of drug-likeness (QED) is 0.658. The molecule has 96 valence electrons. The zero-order valence-electron chi connectivity index (χ0n) is 10.6. The summed E-state index contributed by atoms with van der Waals surface area (Å²) in [5.74, 6) is 0.113. The molecular weight excluding hydrogens is 216 g/mol. The molecule has 1 aromatic heterocycles. The predicted molar refractivity (Wildman–Crippen MR) is 67.6 cm³/mol. The van der Waals surface area contributed by atoms with E-state index in [1.807, 2.05) is 30.9 Å². The Bertz CT molecular complexity index is 308. The summed E-state index contributed by atoms with van der Waals surface area (Å²) in [6, 6.07) is 0.226. The summed E-state index contributed by atoms with van der Waals surface area (Å²) >= 11 is 0. The van der Waals surface area contributed by atoms with Gasteiger partial charge in [0.1, 0.15) is 0 Å². The van der Waals surface area contributed by atoms with Crippen LogP contribution in [0.15, 0.2) is 18.7 Å². The molecule has 0 aliphatic rings. The molecule has 0 fully saturated rings. The zero-order valence-corrected chi connectivity index (χ0v) is 10.6. The summed E-state index contributed by atoms with van der Waals surface area (Å²) in [5.41, 5.74) is 0. The van der Waals surface area contributed by atoms with Crippen molar-refractivity contribution < 1.29 is 4.79 Å². The molecule has 1 heterocycles. The van der Waals surface area contributed by atoms with Crippen molar-refractivity contribution in [2.24, 2.45) is 0 Å². The Hall–Kier alpha value is -1.36. The fraction of sp³-hybridized carbons (Fsp3) is 0.667. The lowest BCUT2D eigenvalue weighted by molar-refractivity contribution is -0.121. The number of carbonyl (C=O) groups is 1. The summed E-state index contributed by atoms with van der Waals surface area (Å²) in [6.07, 6.45) is 7.14. The number of hydrogen-bond acceptors (Lipinski definition) is 3. The molecule has 5 heteroatoms. The average molecular weight is 238 g/mol. The van der Waals surface area contributed by atoms with Gasteiger partial charge in [0.25, 0.3) is 0 Å². The summed E-state index contributed by atoms with van der Waals surface area (Å²) in [6.45, 7) is 6.56. The minimum absolute atomic E-state index is 0.113. The van der Waals surface area contributed by atoms with Crippen LogP contribution in [0.5, 0.6) is 0 Å². The Morgan fingerprint density at radius 3 is 2.88 bits per heavy atom. The lowest BCUT2D eigenvalue weighted by Crippen LogP contribution is -2.32. The summed E-state index contributed by atoms with van der Waals surface area (Å²) < 4.78 is 2.05. The molecule has 0 radical (unpaired) electrons. The molecular formula is C12H22N4O. The van der Waals surface area contributed by atoms with Gasteiger partial charge in [-0.25, -0.2) is 4.98 Å². The van der Waals surface area contributed by atoms with Crippen LogP contribution in [-0.2, 0) is 11.3 Å². The molecule has 0 bridgehead atoms. The molecule has 0 saturated heterocycles. The third-order valence-corrected chi connectivity index (χ3v) is 2.31. The number of nitrogens with one attached hydrogen (secondary N) is 2. The van der Waals surface area contributed by atoms with E-state index in [0.717, 1.165) is 26.1 Å². The van der Waals surface area contributed by atoms with Crippen molar-refractivity contribution in [3.63, 3.8) is 0 Å². The van der Waals surface area contributed by atoms with Crippen LogP contribution in [0, 0.1) is 0 Å². The van der Waals surface area contributed by atoms with Gasteiger partial charge >= 0.3 is 0 Å². The second kappa shape index (κ2) is 7.84. The molecule has 1 aromatic rings. The first-order chi connectivity index (χ1) is 8.18. The Morgan fingerprint density at radius 2 is 2.24 bits per heavy atom. The van der Waals surface area contributed by atoms with E-state index in [4.69, 9.17) is 0 Å². The van der Waals surface area contributed by atoms with Crippen LogP contribution >= 0.6 is 0 Å². The van der Waals surface area contributed by atoms with Gasteiger partial charge in [-0.3, -0.25) is 4.79 Å². The highest BCUT2D eigenvalue weighted by Gasteiger charge is 2.01. The van der Waals surface area contributed by atoms with Crippen molar-refractivity contribution >= 4 is 5.91 Å². The molecule has 0 aliphatic carbocycles. The molecule has 2 N–H and O–H groups in total. The summed E-state index contributed by atoms with van der Waals surface area (Å²) in [5, 5.41) is 6.12. The van der Waals surface area contributed by atoms with Crippen LogP contribution < -0.4 is 10.6 Å². The van der Waals surface area contributed by atoms with Gasteiger partial charge in [-0.15, -0.1) is 0 Å². The smallest absolute Gasteiger partial charge is 0.221 e. The normalized spacial score (nSPS) is 10.8. The maximum Gasteiger partial charge on any atom is 0.221 e. The molecule has 1 rings (SSSR count). The zero-order chi connectivity index (χ0) is 12.5. The number of carbonyl (C=O) groups excluding carboxylic acids is 1. The fourth-order valence-electron chi connectivity index (χ4n) is 1.53. The fourth-order valence-corrected chi connectivity index (χ4v) is 1.53. The molecule has 5 nitrogen and oxygen atoms in total. The second-order valence-corrected chi connectivity index (χ2v) is 4.38. The van der Waals surface area contributed by atoms with Gasteiger partial charge in [0.05, 0.1) is 6.33 Å². The number of rotatable bonds is 8. The van der Waals surface area contributed by atoms with Gasteiger partial charge in [-0.05, 0) is 26.8 Å². The molecule has 0 aliphatic heterocycles. The minimum atomic E-state index is 0.113. The lowest BCUT2D eigenvalue weighted by atomic mass is 10.3. The van der Waals surface area contributed by atoms with E-state index >= 15 is 0 Å². The average Bonchev–Trinajstić information content (AvgIpc) is 2.75. The molecule has 0 saturated carbocycles. The highest BCUT2D eigenvalue weighted by molar-refractivity contribution is 5.76. The van der Waals surface area contributed by atoms with E-state index in [0.29, 0.717) is 6.42 Å². The molecule has 0 unspecified atom stereocenters. The summed E-state index contributed by atoms with van der Waals surface area (Å²) in [7, 11) is 0. The lowest BCUT2D eigenvalue weighted by Gasteiger charge is -2.08. The SMILES string of the molecule is CC(C)NC(=O)CCNCCCn1ccnc1. The van der Waals surface area contributed by atoms with E-state index in [2.05, 4.69) is 15.6 Å². The van der Waals surface area contributed by atoms with Gasteiger partial charge < -0.3 is 15.2 Å². The van der Waals surface area contributed by atoms with Gasteiger partial charge in [-0.1, -0.05) is 0 Å². The van der Waals surface area contributed by atoms with Crippen molar-refractivity contribution in [3.05, 3.63) is 18.7 Å². The van der Waals surface area contributed by atoms with E-state index in [1.54, 1.807) is 6.20 Å². The van der Waals surface area contributed by atoms with Crippen LogP contribution in [0.4, 0.5) is 0 Å². The van der Waals surface area contributed by atoms with E-state index in [1.165, 1.54) is 0 Å². The highest BCUT2D eigenvalue weighted by Crippen LogP contribution is 1.89. The third kappa shape index (κ3) is 6.73. The number of aromatic nitrogens is 2. The second-order valence-electron chi connectivity index (χ2n) is 4.38. The van der Waals surface area contributed by atoms with Gasteiger partial charge in [0.2, 0.25) is 5.91 Å². The monoisotopic (exact) mass is 238 g/mol. The molecule has 0 spiro atoms. The van der Waals surface area contributed by atoms with E-state index in [9.17, 15) is 4.79 Å². The van der Waals surface area contributed by atoms with Crippen LogP contribution in [0.3, 0.4) is 0 Å². The van der Waals surface area contributed by atoms with Crippen LogP contribution in [0.2, 0.25) is 0 Å². The maximum absolute atomic E-state index is 11.3. The van der Waals surface area contributed by atoms with Crippen LogP contribution in [0.1, 0.15) is 26.7 Å². The third-order valence-electron chi connectivity index (χ3n) is 2.31. The number of imidazole rings is 1. The number of amides is 1. The molecule has 0 atom stereocenters. The molecule has 1 amide bonds. The minimum Gasteiger partial charge on any atom is -0.354 e. The van der Waals surface area contributed by atoms with Gasteiger partial charge in [-0.2, -0.15) is 0 Å². The number of aryl methyl sites for hydroxylation is 1. The largest absolute Gasteiger partial charge is 0.354 e. The van der Waals surface area contributed by atoms with Gasteiger partial charge in [0, 0.05) is 37.9 Å². The van der Waals surface area contributed by atoms with Crippen LogP contribution in [0.25, 0.3) is 0 Å². The van der Waals surface area contributed by atoms with Crippen molar-refractivity contribution in [3.8, 4) is 0 Å². The first-order valence-electron chi connectivity index (χ1n) is 6.14. The predicted octanol–water partition coefficient (Wildman–Crippen LogP) is 0.777.